The highest BCUT2D eigenvalue weighted by atomic mass is 35.5. The van der Waals surface area contributed by atoms with E-state index in [9.17, 15) is 26.3 Å². The van der Waals surface area contributed by atoms with Crippen LogP contribution in [0.15, 0.2) is 102 Å². The molecule has 0 amide bonds. The molecule has 4 aromatic carbocycles. The minimum absolute atomic E-state index is 0.0842. The molecule has 4 aromatic rings. The van der Waals surface area contributed by atoms with Gasteiger partial charge in [-0.05, 0) is 34.4 Å². The number of rotatable bonds is 6. The first-order valence-electron chi connectivity index (χ1n) is 13.7. The average molecular weight is 667 g/mol. The summed E-state index contributed by atoms with van der Waals surface area (Å²) in [6.45, 7) is 0.168. The molecule has 2 aliphatic rings. The monoisotopic (exact) mass is 666 g/mol. The van der Waals surface area contributed by atoms with Crippen LogP contribution in [0.1, 0.15) is 45.8 Å². The molecule has 2 aliphatic heterocycles. The Balaban J connectivity index is 1.23. The number of halogens is 9. The maximum atomic E-state index is 16.1. The van der Waals surface area contributed by atoms with Crippen LogP contribution in [0, 0.1) is 0 Å². The lowest BCUT2D eigenvalue weighted by molar-refractivity contribution is -0.276. The van der Waals surface area contributed by atoms with E-state index in [0.717, 1.165) is 11.1 Å². The molecule has 0 bridgehead atoms. The summed E-state index contributed by atoms with van der Waals surface area (Å²) in [6, 6.07) is 26.0. The van der Waals surface area contributed by atoms with Crippen molar-refractivity contribution in [2.24, 2.45) is 5.16 Å². The van der Waals surface area contributed by atoms with Gasteiger partial charge in [0.2, 0.25) is 0 Å². The Labute approximate surface area is 263 Å². The van der Waals surface area contributed by atoms with Crippen LogP contribution in [0.3, 0.4) is 0 Å². The maximum Gasteiger partial charge on any atom is 0.435 e. The molecule has 0 unspecified atom stereocenters. The zero-order valence-corrected chi connectivity index (χ0v) is 24.7. The molecule has 45 heavy (non-hydrogen) atoms. The molecular weight excluding hydrogens is 644 g/mol. The summed E-state index contributed by atoms with van der Waals surface area (Å²) < 4.78 is 100. The molecule has 3 nitrogen and oxygen atoms in total. The number of likely N-dealkylation sites (tertiary alicyclic amines) is 1. The van der Waals surface area contributed by atoms with Crippen molar-refractivity contribution in [3.05, 3.63) is 140 Å². The van der Waals surface area contributed by atoms with E-state index in [1.165, 1.54) is 24.3 Å². The predicted molar refractivity (Wildman–Crippen MR) is 157 cm³/mol. The fraction of sp³-hybridized carbons (Fsp3) is 0.242. The molecule has 0 N–H and O–H groups in total. The van der Waals surface area contributed by atoms with Crippen molar-refractivity contribution in [2.45, 2.75) is 36.1 Å². The fourth-order valence-corrected chi connectivity index (χ4v) is 6.33. The van der Waals surface area contributed by atoms with Crippen LogP contribution in [0.2, 0.25) is 10.0 Å². The van der Waals surface area contributed by atoms with Crippen LogP contribution >= 0.6 is 23.2 Å². The van der Waals surface area contributed by atoms with Gasteiger partial charge in [0, 0.05) is 25.1 Å². The van der Waals surface area contributed by atoms with Gasteiger partial charge in [-0.3, -0.25) is 4.90 Å². The maximum absolute atomic E-state index is 16.1. The Morgan fingerprint density at radius 1 is 0.756 bits per heavy atom. The summed E-state index contributed by atoms with van der Waals surface area (Å²) >= 11 is 11.5. The predicted octanol–water partition coefficient (Wildman–Crippen LogP) is 9.86. The lowest BCUT2D eigenvalue weighted by Crippen LogP contribution is -2.57. The average Bonchev–Trinajstić information content (AvgIpc) is 3.46. The van der Waals surface area contributed by atoms with Gasteiger partial charge in [0.15, 0.2) is 5.67 Å². The van der Waals surface area contributed by atoms with Crippen molar-refractivity contribution < 1.29 is 35.6 Å². The van der Waals surface area contributed by atoms with E-state index in [1.807, 2.05) is 65.6 Å². The number of hydrogen-bond acceptors (Lipinski definition) is 3. The van der Waals surface area contributed by atoms with Gasteiger partial charge in [-0.25, -0.2) is 4.39 Å². The van der Waals surface area contributed by atoms with Crippen LogP contribution in [0.4, 0.5) is 30.7 Å². The molecule has 6 rings (SSSR count). The molecule has 0 saturated carbocycles. The topological polar surface area (TPSA) is 24.8 Å². The molecule has 234 valence electrons. The van der Waals surface area contributed by atoms with Gasteiger partial charge in [-0.1, -0.05) is 113 Å². The van der Waals surface area contributed by atoms with E-state index < -0.39 is 51.2 Å². The van der Waals surface area contributed by atoms with Crippen LogP contribution < -0.4 is 0 Å². The van der Waals surface area contributed by atoms with Gasteiger partial charge in [0.25, 0.3) is 5.60 Å². The van der Waals surface area contributed by atoms with E-state index >= 15 is 4.39 Å². The molecule has 1 atom stereocenters. The summed E-state index contributed by atoms with van der Waals surface area (Å²) in [7, 11) is 0. The second kappa shape index (κ2) is 11.3. The van der Waals surface area contributed by atoms with Crippen LogP contribution in [0.5, 0.6) is 0 Å². The van der Waals surface area contributed by atoms with Gasteiger partial charge >= 0.3 is 12.4 Å². The third-order valence-corrected chi connectivity index (χ3v) is 9.03. The Bertz CT molecular complexity index is 1680. The van der Waals surface area contributed by atoms with Crippen molar-refractivity contribution >= 4 is 28.9 Å². The lowest BCUT2D eigenvalue weighted by Gasteiger charge is -2.49. The standard InChI is InChI=1S/C33H23Cl2F7N2O/c34-26-16-24(15-25(28(26)35)32(37,38)39)31(33(40,41)42)17-27(43-45-31)20-11-13-23(14-12-20)30(36)18-44(19-30)29(21-7-3-1-4-8-21)22-9-5-2-6-10-22/h1-16,29H,17-19H2/t31-/m1/s1. The molecule has 0 aromatic heterocycles. The first-order chi connectivity index (χ1) is 21.2. The van der Waals surface area contributed by atoms with Crippen molar-refractivity contribution in [2.75, 3.05) is 13.1 Å². The van der Waals surface area contributed by atoms with E-state index in [1.54, 1.807) is 0 Å². The van der Waals surface area contributed by atoms with Crippen molar-refractivity contribution in [1.29, 1.82) is 0 Å². The highest BCUT2D eigenvalue weighted by Crippen LogP contribution is 2.52. The van der Waals surface area contributed by atoms with E-state index in [4.69, 9.17) is 28.0 Å². The SMILES string of the molecule is FC(F)(F)c1cc([C@@]2(C(F)(F)F)CC(c3ccc(C4(F)CN(C(c5ccccc5)c5ccccc5)C4)cc3)=NO2)cc(Cl)c1Cl. The first-order valence-corrected chi connectivity index (χ1v) is 14.5. The van der Waals surface area contributed by atoms with Gasteiger partial charge in [-0.2, -0.15) is 26.3 Å². The lowest BCUT2D eigenvalue weighted by atomic mass is 9.82. The molecule has 12 heteroatoms. The highest BCUT2D eigenvalue weighted by Gasteiger charge is 2.63. The van der Waals surface area contributed by atoms with Crippen LogP contribution in [-0.4, -0.2) is 29.9 Å². The first kappa shape index (κ1) is 31.4. The summed E-state index contributed by atoms with van der Waals surface area (Å²) in [5, 5.41) is 1.98. The molecular formula is C33H23Cl2F7N2O. The van der Waals surface area contributed by atoms with Gasteiger partial charge in [0.05, 0.1) is 27.4 Å². The van der Waals surface area contributed by atoms with Crippen molar-refractivity contribution in [3.63, 3.8) is 0 Å². The number of nitrogens with zero attached hydrogens (tertiary/aromatic N) is 2. The second-order valence-electron chi connectivity index (χ2n) is 11.1. The summed E-state index contributed by atoms with van der Waals surface area (Å²) in [6.07, 6.45) is -11.2. The number of oxime groups is 1. The zero-order valence-electron chi connectivity index (χ0n) is 23.1. The molecule has 2 heterocycles. The van der Waals surface area contributed by atoms with Gasteiger partial charge < -0.3 is 4.84 Å². The fourth-order valence-electron chi connectivity index (χ4n) is 5.90. The summed E-state index contributed by atoms with van der Waals surface area (Å²) in [5.41, 5.74) is -4.98. The van der Waals surface area contributed by atoms with E-state index in [2.05, 4.69) is 5.16 Å². The molecule has 0 spiro atoms. The van der Waals surface area contributed by atoms with Crippen LogP contribution in [-0.2, 0) is 22.3 Å². The Hall–Kier alpha value is -3.60. The molecule has 1 saturated heterocycles. The van der Waals surface area contributed by atoms with Gasteiger partial charge in [0.1, 0.15) is 0 Å². The number of alkyl halides is 7. The largest absolute Gasteiger partial charge is 0.435 e. The summed E-state index contributed by atoms with van der Waals surface area (Å²) in [4.78, 5) is 6.90. The van der Waals surface area contributed by atoms with E-state index in [0.29, 0.717) is 11.6 Å². The molecule has 0 radical (unpaired) electrons. The smallest absolute Gasteiger partial charge is 0.374 e. The minimum Gasteiger partial charge on any atom is -0.374 e. The van der Waals surface area contributed by atoms with Gasteiger partial charge in [-0.15, -0.1) is 0 Å². The third kappa shape index (κ3) is 5.68. The van der Waals surface area contributed by atoms with E-state index in [-0.39, 0.29) is 36.5 Å². The van der Waals surface area contributed by atoms with Crippen molar-refractivity contribution in [3.8, 4) is 0 Å². The highest BCUT2D eigenvalue weighted by molar-refractivity contribution is 6.42. The normalized spacial score (nSPS) is 20.1. The van der Waals surface area contributed by atoms with Crippen LogP contribution in [0.25, 0.3) is 0 Å². The zero-order chi connectivity index (χ0) is 32.2. The number of hydrogen-bond donors (Lipinski definition) is 0. The van der Waals surface area contributed by atoms with Crippen molar-refractivity contribution in [1.82, 2.24) is 4.90 Å². The Kier molecular flexibility index (Phi) is 7.90. The third-order valence-electron chi connectivity index (χ3n) is 8.22. The minimum atomic E-state index is -5.18. The number of benzene rings is 4. The molecule has 0 aliphatic carbocycles. The quantitative estimate of drug-likeness (QED) is 0.191. The Morgan fingerprint density at radius 3 is 1.82 bits per heavy atom. The second-order valence-corrected chi connectivity index (χ2v) is 11.9. The summed E-state index contributed by atoms with van der Waals surface area (Å²) in [5.74, 6) is 0. The molecule has 1 fully saturated rings. The Morgan fingerprint density at radius 2 is 1.31 bits per heavy atom.